The van der Waals surface area contributed by atoms with Crippen LogP contribution in [0.15, 0.2) is 30.3 Å². The molecule has 0 saturated carbocycles. The highest BCUT2D eigenvalue weighted by Gasteiger charge is 2.22. The molecule has 4 heteroatoms. The topological polar surface area (TPSA) is 58.6 Å². The zero-order chi connectivity index (χ0) is 13.8. The molecule has 0 aliphatic rings. The average molecular weight is 251 g/mol. The maximum Gasteiger partial charge on any atom is 0.407 e. The maximum absolute atomic E-state index is 11.6. The molecular weight excluding hydrogens is 230 g/mol. The zero-order valence-corrected chi connectivity index (χ0v) is 11.3. The van der Waals surface area contributed by atoms with Crippen molar-refractivity contribution in [3.63, 3.8) is 0 Å². The summed E-state index contributed by atoms with van der Waals surface area (Å²) < 4.78 is 5.13. The van der Waals surface area contributed by atoms with Gasteiger partial charge in [0.25, 0.3) is 0 Å². The van der Waals surface area contributed by atoms with Gasteiger partial charge >= 0.3 is 6.09 Å². The second kappa shape index (κ2) is 5.87. The first-order valence-corrected chi connectivity index (χ1v) is 6.02. The molecule has 0 aromatic heterocycles. The van der Waals surface area contributed by atoms with Gasteiger partial charge in [-0.2, -0.15) is 0 Å². The number of aliphatic hydroxyl groups is 1. The Labute approximate surface area is 108 Å². The summed E-state index contributed by atoms with van der Waals surface area (Å²) >= 11 is 0. The first-order chi connectivity index (χ1) is 8.29. The number of alkyl carbamates (subject to hydrolysis) is 1. The second-order valence-corrected chi connectivity index (χ2v) is 5.29. The van der Waals surface area contributed by atoms with Crippen LogP contribution in [0, 0.1) is 0 Å². The fourth-order valence-electron chi connectivity index (χ4n) is 1.51. The Bertz CT molecular complexity index is 384. The van der Waals surface area contributed by atoms with Crippen LogP contribution in [0.5, 0.6) is 0 Å². The predicted molar refractivity (Wildman–Crippen MR) is 70.2 cm³/mol. The Kier molecular flexibility index (Phi) is 4.73. The van der Waals surface area contributed by atoms with E-state index in [4.69, 9.17) is 4.74 Å². The molecule has 4 nitrogen and oxygen atoms in total. The summed E-state index contributed by atoms with van der Waals surface area (Å²) in [6.07, 6.45) is -1.27. The number of nitrogens with one attached hydrogen (secondary N) is 1. The van der Waals surface area contributed by atoms with E-state index in [1.54, 1.807) is 27.7 Å². The monoisotopic (exact) mass is 251 g/mol. The molecule has 0 bridgehead atoms. The number of ether oxygens (including phenoxy) is 1. The van der Waals surface area contributed by atoms with Gasteiger partial charge in [-0.25, -0.2) is 4.79 Å². The van der Waals surface area contributed by atoms with Crippen LogP contribution in [0.4, 0.5) is 4.79 Å². The van der Waals surface area contributed by atoms with Gasteiger partial charge in [-0.05, 0) is 33.3 Å². The van der Waals surface area contributed by atoms with Crippen LogP contribution in [-0.4, -0.2) is 22.8 Å². The van der Waals surface area contributed by atoms with E-state index < -0.39 is 23.8 Å². The largest absolute Gasteiger partial charge is 0.444 e. The lowest BCUT2D eigenvalue weighted by molar-refractivity contribution is 0.0436. The van der Waals surface area contributed by atoms with Crippen molar-refractivity contribution in [3.8, 4) is 0 Å². The Hall–Kier alpha value is -1.55. The molecule has 1 aromatic rings. The fourth-order valence-corrected chi connectivity index (χ4v) is 1.51. The minimum atomic E-state index is -0.751. The number of rotatable bonds is 3. The molecule has 1 rings (SSSR count). The Morgan fingerprint density at radius 3 is 2.33 bits per heavy atom. The van der Waals surface area contributed by atoms with Crippen LogP contribution in [0.2, 0.25) is 0 Å². The number of hydrogen-bond donors (Lipinski definition) is 2. The second-order valence-electron chi connectivity index (χ2n) is 5.29. The molecule has 2 unspecified atom stereocenters. The van der Waals surface area contributed by atoms with Crippen molar-refractivity contribution in [3.05, 3.63) is 35.9 Å². The van der Waals surface area contributed by atoms with E-state index in [0.717, 1.165) is 5.56 Å². The molecule has 0 saturated heterocycles. The van der Waals surface area contributed by atoms with Crippen LogP contribution in [0.3, 0.4) is 0 Å². The molecule has 18 heavy (non-hydrogen) atoms. The van der Waals surface area contributed by atoms with Crippen molar-refractivity contribution in [2.24, 2.45) is 0 Å². The van der Waals surface area contributed by atoms with Crippen molar-refractivity contribution >= 4 is 6.09 Å². The third-order valence-electron chi connectivity index (χ3n) is 2.36. The number of carbonyl (C=O) groups excluding carboxylic acids is 1. The van der Waals surface area contributed by atoms with Gasteiger partial charge in [-0.15, -0.1) is 0 Å². The van der Waals surface area contributed by atoms with E-state index in [9.17, 15) is 9.90 Å². The first-order valence-electron chi connectivity index (χ1n) is 6.02. The van der Waals surface area contributed by atoms with Gasteiger partial charge in [0, 0.05) is 0 Å². The molecule has 100 valence electrons. The molecule has 0 aliphatic heterocycles. The molecule has 1 amide bonds. The van der Waals surface area contributed by atoms with Gasteiger partial charge in [0.15, 0.2) is 0 Å². The van der Waals surface area contributed by atoms with Crippen molar-refractivity contribution in [2.45, 2.75) is 45.4 Å². The average Bonchev–Trinajstić information content (AvgIpc) is 2.26. The van der Waals surface area contributed by atoms with Gasteiger partial charge in [-0.1, -0.05) is 30.3 Å². The highest BCUT2D eigenvalue weighted by Crippen LogP contribution is 2.16. The highest BCUT2D eigenvalue weighted by molar-refractivity contribution is 5.68. The molecule has 2 atom stereocenters. The molecule has 0 heterocycles. The Balaban J connectivity index is 2.55. The Morgan fingerprint density at radius 1 is 1.28 bits per heavy atom. The van der Waals surface area contributed by atoms with Crippen molar-refractivity contribution < 1.29 is 14.6 Å². The van der Waals surface area contributed by atoms with Crippen LogP contribution < -0.4 is 5.32 Å². The first kappa shape index (κ1) is 14.5. The lowest BCUT2D eigenvalue weighted by Crippen LogP contribution is -2.40. The Morgan fingerprint density at radius 2 is 1.83 bits per heavy atom. The van der Waals surface area contributed by atoms with Gasteiger partial charge in [0.1, 0.15) is 5.60 Å². The summed E-state index contributed by atoms with van der Waals surface area (Å²) in [7, 11) is 0. The maximum atomic E-state index is 11.6. The number of amides is 1. The highest BCUT2D eigenvalue weighted by atomic mass is 16.6. The van der Waals surface area contributed by atoms with E-state index in [1.807, 2.05) is 30.3 Å². The van der Waals surface area contributed by atoms with Gasteiger partial charge in [0.2, 0.25) is 0 Å². The van der Waals surface area contributed by atoms with Crippen LogP contribution in [0.25, 0.3) is 0 Å². The van der Waals surface area contributed by atoms with Gasteiger partial charge < -0.3 is 15.2 Å². The summed E-state index contributed by atoms with van der Waals surface area (Å²) in [5, 5.41) is 12.7. The molecule has 0 fully saturated rings. The van der Waals surface area contributed by atoms with Gasteiger partial charge in [-0.3, -0.25) is 0 Å². The van der Waals surface area contributed by atoms with Crippen LogP contribution in [0.1, 0.15) is 39.4 Å². The lowest BCUT2D eigenvalue weighted by Gasteiger charge is -2.24. The normalized spacial score (nSPS) is 14.7. The number of carbonyl (C=O) groups is 1. The number of benzene rings is 1. The minimum Gasteiger partial charge on any atom is -0.444 e. The number of hydrogen-bond acceptors (Lipinski definition) is 3. The molecule has 0 aliphatic carbocycles. The fraction of sp³-hybridized carbons (Fsp3) is 0.500. The van der Waals surface area contributed by atoms with E-state index in [-0.39, 0.29) is 0 Å². The predicted octanol–water partition coefficient (Wildman–Crippen LogP) is 2.63. The number of aliphatic hydroxyl groups excluding tert-OH is 1. The van der Waals surface area contributed by atoms with Crippen LogP contribution >= 0.6 is 0 Å². The zero-order valence-electron chi connectivity index (χ0n) is 11.3. The van der Waals surface area contributed by atoms with Gasteiger partial charge in [0.05, 0.1) is 12.1 Å². The molecule has 0 radical (unpaired) electrons. The van der Waals surface area contributed by atoms with Crippen LogP contribution in [-0.2, 0) is 4.74 Å². The quantitative estimate of drug-likeness (QED) is 0.868. The molecule has 0 spiro atoms. The molecular formula is C14H21NO3. The van der Waals surface area contributed by atoms with E-state index >= 15 is 0 Å². The summed E-state index contributed by atoms with van der Waals surface area (Å²) in [6, 6.07) is 8.79. The van der Waals surface area contributed by atoms with Crippen molar-refractivity contribution in [1.82, 2.24) is 5.32 Å². The summed E-state index contributed by atoms with van der Waals surface area (Å²) in [5.74, 6) is 0. The van der Waals surface area contributed by atoms with Crippen molar-refractivity contribution in [2.75, 3.05) is 0 Å². The minimum absolute atomic E-state index is 0.415. The summed E-state index contributed by atoms with van der Waals surface area (Å²) in [5.41, 5.74) is 0.225. The summed E-state index contributed by atoms with van der Waals surface area (Å²) in [6.45, 7) is 7.13. The lowest BCUT2D eigenvalue weighted by atomic mass is 10.0. The molecule has 2 N–H and O–H groups in total. The van der Waals surface area contributed by atoms with E-state index in [0.29, 0.717) is 0 Å². The third-order valence-corrected chi connectivity index (χ3v) is 2.36. The van der Waals surface area contributed by atoms with E-state index in [2.05, 4.69) is 5.32 Å². The standard InChI is InChI=1S/C14H21NO3/c1-10(15-13(17)18-14(2,3)4)12(16)11-8-6-5-7-9-11/h5-10,12,16H,1-4H3,(H,15,17). The molecule has 1 aromatic carbocycles. The van der Waals surface area contributed by atoms with E-state index in [1.165, 1.54) is 0 Å². The third kappa shape index (κ3) is 4.75. The SMILES string of the molecule is CC(NC(=O)OC(C)(C)C)C(O)c1ccccc1. The van der Waals surface area contributed by atoms with Crippen molar-refractivity contribution in [1.29, 1.82) is 0 Å². The summed E-state index contributed by atoms with van der Waals surface area (Å²) in [4.78, 5) is 11.6. The smallest absolute Gasteiger partial charge is 0.407 e.